The summed E-state index contributed by atoms with van der Waals surface area (Å²) >= 11 is 5.91. The molecule has 90 valence electrons. The summed E-state index contributed by atoms with van der Waals surface area (Å²) in [5, 5.41) is 0.238. The number of benzene rings is 1. The number of rotatable bonds is 3. The van der Waals surface area contributed by atoms with E-state index in [4.69, 9.17) is 11.6 Å². The van der Waals surface area contributed by atoms with Crippen LogP contribution in [0, 0.1) is 6.92 Å². The summed E-state index contributed by atoms with van der Waals surface area (Å²) in [6.07, 6.45) is 2.47. The van der Waals surface area contributed by atoms with Crippen LogP contribution in [0.2, 0.25) is 5.02 Å². The minimum Gasteiger partial charge on any atom is -0.570 e. The molecule has 0 aliphatic heterocycles. The minimum absolute atomic E-state index is 0.0610. The van der Waals surface area contributed by atoms with Crippen LogP contribution >= 0.6 is 11.6 Å². The number of H-pyrrole nitrogens is 1. The fourth-order valence-corrected chi connectivity index (χ4v) is 2.49. The van der Waals surface area contributed by atoms with Crippen molar-refractivity contribution in [2.75, 3.05) is 0 Å². The molecule has 1 heterocycles. The van der Waals surface area contributed by atoms with Crippen molar-refractivity contribution in [3.05, 3.63) is 46.0 Å². The van der Waals surface area contributed by atoms with Crippen LogP contribution in [0.4, 0.5) is 5.69 Å². The lowest BCUT2D eigenvalue weighted by atomic mass is 10.2. The lowest BCUT2D eigenvalue weighted by Crippen LogP contribution is -1.98. The number of nitrogens with zero attached hydrogens (tertiary/aromatic N) is 2. The first kappa shape index (κ1) is 11.9. The van der Waals surface area contributed by atoms with Crippen LogP contribution < -0.4 is 0 Å². The molecule has 0 saturated heterocycles. The van der Waals surface area contributed by atoms with Gasteiger partial charge in [-0.15, -0.1) is 5.69 Å². The van der Waals surface area contributed by atoms with Gasteiger partial charge in [0.15, 0.2) is 0 Å². The number of nitrogens with one attached hydrogen (secondary N) is 1. The summed E-state index contributed by atoms with van der Waals surface area (Å²) in [7, 11) is -3.78. The van der Waals surface area contributed by atoms with Crippen molar-refractivity contribution in [2.45, 2.75) is 11.9 Å². The van der Waals surface area contributed by atoms with E-state index in [9.17, 15) is 8.42 Å². The molecule has 0 radical (unpaired) electrons. The molecule has 5 nitrogen and oxygen atoms in total. The standard InChI is InChI=1S/C10H9ClN3O2S/c1-7-2-3-9(8(11)4-7)14-17(15,16)10-5-12-6-13-10/h2-6H,1H3,(H,12,13)/q-1. The second-order valence-electron chi connectivity index (χ2n) is 3.44. The van der Waals surface area contributed by atoms with E-state index in [-0.39, 0.29) is 10.7 Å². The molecule has 0 aliphatic carbocycles. The number of hydrogen-bond donors (Lipinski definition) is 1. The molecular formula is C10H9ClN3O2S-. The van der Waals surface area contributed by atoms with E-state index < -0.39 is 10.0 Å². The van der Waals surface area contributed by atoms with Crippen LogP contribution in [0.25, 0.3) is 4.72 Å². The van der Waals surface area contributed by atoms with Gasteiger partial charge in [-0.05, 0) is 18.6 Å². The van der Waals surface area contributed by atoms with Gasteiger partial charge in [-0.2, -0.15) is 0 Å². The third kappa shape index (κ3) is 2.59. The highest BCUT2D eigenvalue weighted by Gasteiger charge is 2.06. The van der Waals surface area contributed by atoms with Crippen molar-refractivity contribution in [2.24, 2.45) is 0 Å². The molecule has 0 atom stereocenters. The fourth-order valence-electron chi connectivity index (χ4n) is 1.25. The Morgan fingerprint density at radius 3 is 2.76 bits per heavy atom. The molecule has 2 rings (SSSR count). The predicted molar refractivity (Wildman–Crippen MR) is 65.0 cm³/mol. The summed E-state index contributed by atoms with van der Waals surface area (Å²) in [5.74, 6) is 0. The van der Waals surface area contributed by atoms with Gasteiger partial charge >= 0.3 is 0 Å². The summed E-state index contributed by atoms with van der Waals surface area (Å²) in [4.78, 5) is 6.13. The van der Waals surface area contributed by atoms with Crippen molar-refractivity contribution in [1.82, 2.24) is 9.97 Å². The van der Waals surface area contributed by atoms with Gasteiger partial charge in [-0.3, -0.25) is 0 Å². The van der Waals surface area contributed by atoms with Gasteiger partial charge in [0.2, 0.25) is 0 Å². The number of sulfonamides is 1. The zero-order valence-electron chi connectivity index (χ0n) is 8.88. The van der Waals surface area contributed by atoms with Gasteiger partial charge in [0, 0.05) is 5.02 Å². The second kappa shape index (κ2) is 4.38. The number of halogens is 1. The van der Waals surface area contributed by atoms with Gasteiger partial charge in [0.05, 0.1) is 12.5 Å². The topological polar surface area (TPSA) is 76.9 Å². The molecular weight excluding hydrogens is 262 g/mol. The maximum absolute atomic E-state index is 11.8. The van der Waals surface area contributed by atoms with Gasteiger partial charge in [-0.25, -0.2) is 13.4 Å². The molecule has 1 N–H and O–H groups in total. The zero-order chi connectivity index (χ0) is 12.5. The van der Waals surface area contributed by atoms with Crippen LogP contribution in [-0.4, -0.2) is 18.4 Å². The van der Waals surface area contributed by atoms with Crippen LogP contribution in [0.3, 0.4) is 0 Å². The highest BCUT2D eigenvalue weighted by Crippen LogP contribution is 2.33. The lowest BCUT2D eigenvalue weighted by molar-refractivity contribution is 0.600. The zero-order valence-corrected chi connectivity index (χ0v) is 10.5. The molecule has 1 aromatic heterocycles. The van der Waals surface area contributed by atoms with Crippen molar-refractivity contribution < 1.29 is 8.42 Å². The first-order valence-electron chi connectivity index (χ1n) is 4.71. The first-order chi connectivity index (χ1) is 7.99. The summed E-state index contributed by atoms with van der Waals surface area (Å²) in [6, 6.07) is 4.96. The Morgan fingerprint density at radius 1 is 1.41 bits per heavy atom. The molecule has 0 spiro atoms. The molecule has 17 heavy (non-hydrogen) atoms. The van der Waals surface area contributed by atoms with Gasteiger partial charge in [0.25, 0.3) is 0 Å². The Labute approximate surface area is 104 Å². The molecule has 0 saturated carbocycles. The van der Waals surface area contributed by atoms with Crippen LogP contribution in [-0.2, 0) is 10.0 Å². The average Bonchev–Trinajstić information content (AvgIpc) is 2.76. The number of hydrogen-bond acceptors (Lipinski definition) is 3. The maximum Gasteiger partial charge on any atom is 0.140 e. The molecule has 0 bridgehead atoms. The Balaban J connectivity index is 2.33. The number of imidazole rings is 1. The number of aromatic amines is 1. The highest BCUT2D eigenvalue weighted by molar-refractivity contribution is 7.94. The van der Waals surface area contributed by atoms with Crippen LogP contribution in [0.5, 0.6) is 0 Å². The van der Waals surface area contributed by atoms with E-state index in [1.807, 2.05) is 6.92 Å². The van der Waals surface area contributed by atoms with Crippen molar-refractivity contribution >= 4 is 27.3 Å². The van der Waals surface area contributed by atoms with Crippen molar-refractivity contribution in [3.63, 3.8) is 0 Å². The van der Waals surface area contributed by atoms with E-state index >= 15 is 0 Å². The Bertz CT molecular complexity index is 623. The smallest absolute Gasteiger partial charge is 0.140 e. The molecule has 7 heteroatoms. The predicted octanol–water partition coefficient (Wildman–Crippen LogP) is 2.77. The monoisotopic (exact) mass is 270 g/mol. The molecule has 0 amide bonds. The Hall–Kier alpha value is -1.53. The minimum atomic E-state index is -3.78. The highest BCUT2D eigenvalue weighted by atomic mass is 35.5. The van der Waals surface area contributed by atoms with E-state index in [0.29, 0.717) is 5.02 Å². The maximum atomic E-state index is 11.8. The van der Waals surface area contributed by atoms with E-state index in [0.717, 1.165) is 5.56 Å². The van der Waals surface area contributed by atoms with Gasteiger partial charge in [0.1, 0.15) is 15.0 Å². The second-order valence-corrected chi connectivity index (χ2v) is 5.42. The summed E-state index contributed by atoms with van der Waals surface area (Å²) < 4.78 is 27.2. The largest absolute Gasteiger partial charge is 0.570 e. The Kier molecular flexibility index (Phi) is 3.08. The molecule has 2 aromatic rings. The Morgan fingerprint density at radius 2 is 2.18 bits per heavy atom. The summed E-state index contributed by atoms with van der Waals surface area (Å²) in [5.41, 5.74) is 1.15. The fraction of sp³-hybridized carbons (Fsp3) is 0.100. The molecule has 1 aromatic carbocycles. The molecule has 0 fully saturated rings. The van der Waals surface area contributed by atoms with Gasteiger partial charge < -0.3 is 9.71 Å². The quantitative estimate of drug-likeness (QED) is 0.931. The SMILES string of the molecule is Cc1ccc([N-]S(=O)(=O)c2cnc[nH]2)c(Cl)c1. The third-order valence-corrected chi connectivity index (χ3v) is 3.59. The molecule has 0 aliphatic rings. The lowest BCUT2D eigenvalue weighted by Gasteiger charge is -2.22. The van der Waals surface area contributed by atoms with Crippen LogP contribution in [0.15, 0.2) is 35.7 Å². The molecule has 0 unspecified atom stereocenters. The van der Waals surface area contributed by atoms with Crippen molar-refractivity contribution in [1.29, 1.82) is 0 Å². The summed E-state index contributed by atoms with van der Waals surface area (Å²) in [6.45, 7) is 1.86. The average molecular weight is 271 g/mol. The van der Waals surface area contributed by atoms with E-state index in [2.05, 4.69) is 14.7 Å². The number of aryl methyl sites for hydroxylation is 1. The van der Waals surface area contributed by atoms with E-state index in [1.165, 1.54) is 12.5 Å². The van der Waals surface area contributed by atoms with Gasteiger partial charge in [-0.1, -0.05) is 23.7 Å². The van der Waals surface area contributed by atoms with E-state index in [1.54, 1.807) is 18.2 Å². The third-order valence-electron chi connectivity index (χ3n) is 2.07. The number of aromatic nitrogens is 2. The van der Waals surface area contributed by atoms with Crippen LogP contribution in [0.1, 0.15) is 5.56 Å². The van der Waals surface area contributed by atoms with Crippen molar-refractivity contribution in [3.8, 4) is 0 Å². The first-order valence-corrected chi connectivity index (χ1v) is 6.53. The normalized spacial score (nSPS) is 11.4.